The summed E-state index contributed by atoms with van der Waals surface area (Å²) >= 11 is 0. The van der Waals surface area contributed by atoms with Crippen molar-refractivity contribution in [2.45, 2.75) is 25.8 Å². The standard InChI is InChI=1S/C22H33N5O4/c1-16-4-5-17(14-19(16)31-3)21(29)26-10-12-27(13-11-26)22(30)24-18-6-8-25(9-7-18)15-20(28)23-2/h4-5,14,18H,6-13,15H2,1-3H3,(H,23,28)(H,24,30). The first-order valence-corrected chi connectivity index (χ1v) is 10.8. The van der Waals surface area contributed by atoms with E-state index in [-0.39, 0.29) is 23.9 Å². The highest BCUT2D eigenvalue weighted by molar-refractivity contribution is 5.95. The van der Waals surface area contributed by atoms with E-state index >= 15 is 0 Å². The molecule has 0 saturated carbocycles. The van der Waals surface area contributed by atoms with Crippen LogP contribution in [-0.4, -0.2) is 98.6 Å². The maximum atomic E-state index is 12.8. The van der Waals surface area contributed by atoms with Crippen molar-refractivity contribution < 1.29 is 19.1 Å². The number of ether oxygens (including phenoxy) is 1. The monoisotopic (exact) mass is 431 g/mol. The van der Waals surface area contributed by atoms with Gasteiger partial charge in [0, 0.05) is 57.9 Å². The fourth-order valence-corrected chi connectivity index (χ4v) is 4.03. The third kappa shape index (κ3) is 5.88. The molecule has 2 aliphatic heterocycles. The number of likely N-dealkylation sites (N-methyl/N-ethyl adjacent to an activating group) is 1. The zero-order valence-electron chi connectivity index (χ0n) is 18.6. The first kappa shape index (κ1) is 22.9. The van der Waals surface area contributed by atoms with Crippen LogP contribution in [0.2, 0.25) is 0 Å². The Morgan fingerprint density at radius 1 is 1.03 bits per heavy atom. The quantitative estimate of drug-likeness (QED) is 0.715. The Hall–Kier alpha value is -2.81. The molecule has 2 N–H and O–H groups in total. The van der Waals surface area contributed by atoms with Crippen LogP contribution in [0.25, 0.3) is 0 Å². The van der Waals surface area contributed by atoms with Crippen molar-refractivity contribution >= 4 is 17.8 Å². The molecule has 0 radical (unpaired) electrons. The number of piperazine rings is 1. The molecule has 2 heterocycles. The third-order valence-corrected chi connectivity index (χ3v) is 6.07. The van der Waals surface area contributed by atoms with Crippen LogP contribution in [0.4, 0.5) is 4.79 Å². The summed E-state index contributed by atoms with van der Waals surface area (Å²) in [5.41, 5.74) is 1.59. The second-order valence-electron chi connectivity index (χ2n) is 8.14. The average molecular weight is 432 g/mol. The molecule has 0 spiro atoms. The maximum absolute atomic E-state index is 12.8. The average Bonchev–Trinajstić information content (AvgIpc) is 2.80. The molecular formula is C22H33N5O4. The molecule has 2 aliphatic rings. The summed E-state index contributed by atoms with van der Waals surface area (Å²) in [6.45, 7) is 5.96. The first-order valence-electron chi connectivity index (χ1n) is 10.8. The lowest BCUT2D eigenvalue weighted by Crippen LogP contribution is -2.55. The number of nitrogens with zero attached hydrogens (tertiary/aromatic N) is 3. The van der Waals surface area contributed by atoms with Crippen molar-refractivity contribution in [3.63, 3.8) is 0 Å². The molecule has 3 rings (SSSR count). The summed E-state index contributed by atoms with van der Waals surface area (Å²) in [7, 11) is 3.24. The van der Waals surface area contributed by atoms with Gasteiger partial charge in [0.25, 0.3) is 5.91 Å². The summed E-state index contributed by atoms with van der Waals surface area (Å²) < 4.78 is 5.32. The molecule has 1 aromatic carbocycles. The molecule has 9 nitrogen and oxygen atoms in total. The lowest BCUT2D eigenvalue weighted by Gasteiger charge is -2.37. The molecule has 2 saturated heterocycles. The fraction of sp³-hybridized carbons (Fsp3) is 0.591. The van der Waals surface area contributed by atoms with Crippen molar-refractivity contribution in [1.29, 1.82) is 0 Å². The molecule has 0 atom stereocenters. The van der Waals surface area contributed by atoms with Gasteiger partial charge in [0.2, 0.25) is 5.91 Å². The lowest BCUT2D eigenvalue weighted by molar-refractivity contribution is -0.122. The van der Waals surface area contributed by atoms with Gasteiger partial charge in [0.1, 0.15) is 5.75 Å². The number of piperidine rings is 1. The van der Waals surface area contributed by atoms with Gasteiger partial charge >= 0.3 is 6.03 Å². The van der Waals surface area contributed by atoms with E-state index in [1.807, 2.05) is 19.1 Å². The van der Waals surface area contributed by atoms with Gasteiger partial charge in [-0.15, -0.1) is 0 Å². The van der Waals surface area contributed by atoms with Crippen molar-refractivity contribution in [1.82, 2.24) is 25.3 Å². The summed E-state index contributed by atoms with van der Waals surface area (Å²) in [6, 6.07) is 5.51. The second-order valence-corrected chi connectivity index (χ2v) is 8.14. The Bertz CT molecular complexity index is 799. The van der Waals surface area contributed by atoms with E-state index in [1.165, 1.54) is 0 Å². The Kier molecular flexibility index (Phi) is 7.73. The third-order valence-electron chi connectivity index (χ3n) is 6.07. The Balaban J connectivity index is 1.44. The highest BCUT2D eigenvalue weighted by atomic mass is 16.5. The molecule has 9 heteroatoms. The van der Waals surface area contributed by atoms with Gasteiger partial charge in [-0.05, 0) is 37.5 Å². The number of likely N-dealkylation sites (tertiary alicyclic amines) is 1. The summed E-state index contributed by atoms with van der Waals surface area (Å²) in [5, 5.41) is 5.75. The Morgan fingerprint density at radius 2 is 1.68 bits per heavy atom. The topological polar surface area (TPSA) is 94.2 Å². The van der Waals surface area contributed by atoms with E-state index in [9.17, 15) is 14.4 Å². The van der Waals surface area contributed by atoms with Crippen LogP contribution in [-0.2, 0) is 4.79 Å². The maximum Gasteiger partial charge on any atom is 0.317 e. The number of urea groups is 1. The van der Waals surface area contributed by atoms with Gasteiger partial charge in [-0.2, -0.15) is 0 Å². The fourth-order valence-electron chi connectivity index (χ4n) is 4.03. The Morgan fingerprint density at radius 3 is 2.29 bits per heavy atom. The van der Waals surface area contributed by atoms with Gasteiger partial charge in [-0.3, -0.25) is 14.5 Å². The zero-order chi connectivity index (χ0) is 22.4. The summed E-state index contributed by atoms with van der Waals surface area (Å²) in [4.78, 5) is 42.6. The summed E-state index contributed by atoms with van der Waals surface area (Å²) in [6.07, 6.45) is 1.66. The summed E-state index contributed by atoms with van der Waals surface area (Å²) in [5.74, 6) is 0.672. The number of amides is 4. The second kappa shape index (κ2) is 10.5. The molecule has 0 aliphatic carbocycles. The predicted octanol–water partition coefficient (Wildman–Crippen LogP) is 0.681. The zero-order valence-corrected chi connectivity index (χ0v) is 18.6. The van der Waals surface area contributed by atoms with E-state index in [4.69, 9.17) is 4.74 Å². The normalized spacial score (nSPS) is 17.9. The highest BCUT2D eigenvalue weighted by Crippen LogP contribution is 2.20. The van der Waals surface area contributed by atoms with Crippen LogP contribution in [0.15, 0.2) is 18.2 Å². The highest BCUT2D eigenvalue weighted by Gasteiger charge is 2.28. The molecule has 0 unspecified atom stereocenters. The van der Waals surface area contributed by atoms with E-state index in [0.717, 1.165) is 31.5 Å². The molecule has 31 heavy (non-hydrogen) atoms. The van der Waals surface area contributed by atoms with Crippen LogP contribution in [0.3, 0.4) is 0 Å². The minimum absolute atomic E-state index is 0.0129. The van der Waals surface area contributed by atoms with Gasteiger partial charge in [0.15, 0.2) is 0 Å². The number of hydrogen-bond donors (Lipinski definition) is 2. The largest absolute Gasteiger partial charge is 0.496 e. The van der Waals surface area contributed by atoms with Gasteiger partial charge < -0.3 is 25.2 Å². The minimum atomic E-state index is -0.0751. The van der Waals surface area contributed by atoms with Crippen LogP contribution >= 0.6 is 0 Å². The SMILES string of the molecule is CNC(=O)CN1CCC(NC(=O)N2CCN(C(=O)c3ccc(C)c(OC)c3)CC2)CC1. The molecule has 0 bridgehead atoms. The molecular weight excluding hydrogens is 398 g/mol. The van der Waals surface area contributed by atoms with Crippen molar-refractivity contribution in [3.05, 3.63) is 29.3 Å². The number of nitrogens with one attached hydrogen (secondary N) is 2. The van der Waals surface area contributed by atoms with E-state index in [1.54, 1.807) is 30.0 Å². The van der Waals surface area contributed by atoms with Gasteiger partial charge in [-0.1, -0.05) is 6.07 Å². The lowest BCUT2D eigenvalue weighted by atomic mass is 10.1. The number of methoxy groups -OCH3 is 1. The number of rotatable bonds is 5. The number of aryl methyl sites for hydroxylation is 1. The van der Waals surface area contributed by atoms with Crippen molar-refractivity contribution in [3.8, 4) is 5.75 Å². The molecule has 1 aromatic rings. The van der Waals surface area contributed by atoms with Gasteiger partial charge in [-0.25, -0.2) is 4.79 Å². The molecule has 2 fully saturated rings. The van der Waals surface area contributed by atoms with Crippen LogP contribution in [0.5, 0.6) is 5.75 Å². The van der Waals surface area contributed by atoms with Crippen molar-refractivity contribution in [2.24, 2.45) is 0 Å². The molecule has 170 valence electrons. The molecule has 0 aromatic heterocycles. The van der Waals surface area contributed by atoms with Crippen molar-refractivity contribution in [2.75, 3.05) is 60.0 Å². The number of hydrogen-bond acceptors (Lipinski definition) is 5. The van der Waals surface area contributed by atoms with E-state index < -0.39 is 0 Å². The van der Waals surface area contributed by atoms with Gasteiger partial charge in [0.05, 0.1) is 13.7 Å². The van der Waals surface area contributed by atoms with Crippen LogP contribution in [0.1, 0.15) is 28.8 Å². The number of carbonyl (C=O) groups is 3. The first-order chi connectivity index (χ1) is 14.9. The van der Waals surface area contributed by atoms with E-state index in [2.05, 4.69) is 15.5 Å². The van der Waals surface area contributed by atoms with Crippen LogP contribution < -0.4 is 15.4 Å². The smallest absolute Gasteiger partial charge is 0.317 e. The van der Waals surface area contributed by atoms with E-state index in [0.29, 0.717) is 44.0 Å². The minimum Gasteiger partial charge on any atom is -0.496 e. The molecule has 4 amide bonds. The number of carbonyl (C=O) groups excluding carboxylic acids is 3. The number of benzene rings is 1. The predicted molar refractivity (Wildman–Crippen MR) is 117 cm³/mol. The van der Waals surface area contributed by atoms with Crippen LogP contribution in [0, 0.1) is 6.92 Å². The Labute approximate surface area is 183 Å².